The Morgan fingerprint density at radius 3 is 2.45 bits per heavy atom. The van der Waals surface area contributed by atoms with Crippen LogP contribution in [0.2, 0.25) is 0 Å². The molecule has 0 spiro atoms. The standard InChI is InChI=1S/C15H21NO4/c1-15(2,3)12(9-14(19)20)16-13(18)8-10-5-4-6-11(17)7-10/h4-7,12,17H,8-9H2,1-3H3,(H,16,18)(H,19,20). The molecule has 0 saturated heterocycles. The molecule has 1 amide bonds. The van der Waals surface area contributed by atoms with Crippen LogP contribution >= 0.6 is 0 Å². The zero-order chi connectivity index (χ0) is 15.3. The Hall–Kier alpha value is -2.04. The molecule has 0 aliphatic rings. The van der Waals surface area contributed by atoms with Crippen molar-refractivity contribution in [3.8, 4) is 5.75 Å². The average molecular weight is 279 g/mol. The number of hydrogen-bond donors (Lipinski definition) is 3. The van der Waals surface area contributed by atoms with E-state index in [4.69, 9.17) is 5.11 Å². The summed E-state index contributed by atoms with van der Waals surface area (Å²) in [5.41, 5.74) is 0.345. The number of aromatic hydroxyl groups is 1. The van der Waals surface area contributed by atoms with E-state index in [9.17, 15) is 14.7 Å². The molecule has 20 heavy (non-hydrogen) atoms. The number of benzene rings is 1. The summed E-state index contributed by atoms with van der Waals surface area (Å²) < 4.78 is 0. The van der Waals surface area contributed by atoms with Crippen LogP contribution in [0.25, 0.3) is 0 Å². The lowest BCUT2D eigenvalue weighted by atomic mass is 9.84. The summed E-state index contributed by atoms with van der Waals surface area (Å²) in [7, 11) is 0. The number of carboxylic acids is 1. The Bertz CT molecular complexity index is 491. The molecule has 0 aliphatic carbocycles. The molecule has 0 fully saturated rings. The predicted octanol–water partition coefficient (Wildman–Crippen LogP) is 1.94. The summed E-state index contributed by atoms with van der Waals surface area (Å²) >= 11 is 0. The second kappa shape index (κ2) is 6.41. The molecular formula is C15H21NO4. The molecule has 0 saturated carbocycles. The molecule has 1 aromatic rings. The number of hydrogen-bond acceptors (Lipinski definition) is 3. The van der Waals surface area contributed by atoms with Gasteiger partial charge in [0.25, 0.3) is 0 Å². The van der Waals surface area contributed by atoms with E-state index in [2.05, 4.69) is 5.32 Å². The lowest BCUT2D eigenvalue weighted by Crippen LogP contribution is -2.45. The first-order valence-electron chi connectivity index (χ1n) is 6.47. The van der Waals surface area contributed by atoms with Crippen LogP contribution in [0, 0.1) is 5.41 Å². The first-order valence-corrected chi connectivity index (χ1v) is 6.47. The van der Waals surface area contributed by atoms with Gasteiger partial charge < -0.3 is 15.5 Å². The largest absolute Gasteiger partial charge is 0.508 e. The van der Waals surface area contributed by atoms with Gasteiger partial charge in [0.2, 0.25) is 5.91 Å². The topological polar surface area (TPSA) is 86.6 Å². The highest BCUT2D eigenvalue weighted by Gasteiger charge is 2.28. The minimum Gasteiger partial charge on any atom is -0.508 e. The number of carbonyl (C=O) groups is 2. The molecule has 3 N–H and O–H groups in total. The SMILES string of the molecule is CC(C)(C)C(CC(=O)O)NC(=O)Cc1cccc(O)c1. The van der Waals surface area contributed by atoms with Crippen LogP contribution in [-0.2, 0) is 16.0 Å². The quantitative estimate of drug-likeness (QED) is 0.768. The zero-order valence-corrected chi connectivity index (χ0v) is 12.0. The Kier molecular flexibility index (Phi) is 5.13. The maximum absolute atomic E-state index is 12.0. The number of phenols is 1. The van der Waals surface area contributed by atoms with Crippen molar-refractivity contribution in [1.82, 2.24) is 5.32 Å². The highest BCUT2D eigenvalue weighted by Crippen LogP contribution is 2.22. The van der Waals surface area contributed by atoms with Crippen LogP contribution in [0.4, 0.5) is 0 Å². The highest BCUT2D eigenvalue weighted by molar-refractivity contribution is 5.80. The lowest BCUT2D eigenvalue weighted by molar-refractivity contribution is -0.138. The molecule has 5 heteroatoms. The van der Waals surface area contributed by atoms with Crippen molar-refractivity contribution in [3.05, 3.63) is 29.8 Å². The van der Waals surface area contributed by atoms with E-state index in [0.29, 0.717) is 5.56 Å². The number of rotatable bonds is 5. The molecule has 1 rings (SSSR count). The number of phenolic OH excluding ortho intramolecular Hbond substituents is 1. The minimum atomic E-state index is -0.942. The maximum Gasteiger partial charge on any atom is 0.305 e. The summed E-state index contributed by atoms with van der Waals surface area (Å²) in [4.78, 5) is 22.8. The van der Waals surface area contributed by atoms with E-state index in [1.54, 1.807) is 12.1 Å². The zero-order valence-electron chi connectivity index (χ0n) is 12.0. The van der Waals surface area contributed by atoms with Gasteiger partial charge in [-0.3, -0.25) is 9.59 Å². The third-order valence-corrected chi connectivity index (χ3v) is 3.03. The molecule has 110 valence electrons. The van der Waals surface area contributed by atoms with E-state index >= 15 is 0 Å². The van der Waals surface area contributed by atoms with Gasteiger partial charge in [0.1, 0.15) is 5.75 Å². The fraction of sp³-hybridized carbons (Fsp3) is 0.467. The van der Waals surface area contributed by atoms with Gasteiger partial charge in [-0.1, -0.05) is 32.9 Å². The van der Waals surface area contributed by atoms with Crippen LogP contribution < -0.4 is 5.32 Å². The molecule has 0 aromatic heterocycles. The van der Waals surface area contributed by atoms with Crippen LogP contribution in [0.1, 0.15) is 32.8 Å². The van der Waals surface area contributed by atoms with Crippen molar-refractivity contribution in [2.24, 2.45) is 5.41 Å². The third-order valence-electron chi connectivity index (χ3n) is 3.03. The van der Waals surface area contributed by atoms with E-state index < -0.39 is 12.0 Å². The Balaban J connectivity index is 2.69. The van der Waals surface area contributed by atoms with Gasteiger partial charge >= 0.3 is 5.97 Å². The van der Waals surface area contributed by atoms with Crippen molar-refractivity contribution in [1.29, 1.82) is 0 Å². The predicted molar refractivity (Wildman–Crippen MR) is 75.4 cm³/mol. The monoisotopic (exact) mass is 279 g/mol. The van der Waals surface area contributed by atoms with Gasteiger partial charge in [-0.2, -0.15) is 0 Å². The molecule has 5 nitrogen and oxygen atoms in total. The summed E-state index contributed by atoms with van der Waals surface area (Å²) in [5.74, 6) is -1.09. The lowest BCUT2D eigenvalue weighted by Gasteiger charge is -2.30. The van der Waals surface area contributed by atoms with Crippen LogP contribution in [-0.4, -0.2) is 28.1 Å². The van der Waals surface area contributed by atoms with Crippen molar-refractivity contribution < 1.29 is 19.8 Å². The average Bonchev–Trinajstić information content (AvgIpc) is 2.26. The first kappa shape index (κ1) is 16.0. The van der Waals surface area contributed by atoms with Crippen molar-refractivity contribution in [2.75, 3.05) is 0 Å². The van der Waals surface area contributed by atoms with Crippen molar-refractivity contribution in [3.63, 3.8) is 0 Å². The molecule has 0 heterocycles. The number of carbonyl (C=O) groups excluding carboxylic acids is 1. The fourth-order valence-electron chi connectivity index (χ4n) is 1.85. The second-order valence-electron chi connectivity index (χ2n) is 5.93. The Labute approximate surface area is 118 Å². The molecule has 0 aliphatic heterocycles. The Morgan fingerprint density at radius 1 is 1.30 bits per heavy atom. The molecular weight excluding hydrogens is 258 g/mol. The molecule has 1 unspecified atom stereocenters. The molecule has 0 radical (unpaired) electrons. The van der Waals surface area contributed by atoms with Crippen LogP contribution in [0.3, 0.4) is 0 Å². The van der Waals surface area contributed by atoms with Gasteiger partial charge in [-0.15, -0.1) is 0 Å². The number of amides is 1. The molecule has 1 aromatic carbocycles. The molecule has 0 bridgehead atoms. The van der Waals surface area contributed by atoms with E-state index in [1.807, 2.05) is 20.8 Å². The van der Waals surface area contributed by atoms with Crippen molar-refractivity contribution in [2.45, 2.75) is 39.7 Å². The van der Waals surface area contributed by atoms with Crippen molar-refractivity contribution >= 4 is 11.9 Å². The number of aliphatic carboxylic acids is 1. The summed E-state index contributed by atoms with van der Waals surface area (Å²) in [6.07, 6.45) is -0.00409. The van der Waals surface area contributed by atoms with Gasteiger partial charge in [0.15, 0.2) is 0 Å². The normalized spacial score (nSPS) is 12.8. The van der Waals surface area contributed by atoms with E-state index in [0.717, 1.165) is 0 Å². The summed E-state index contributed by atoms with van der Waals surface area (Å²) in [5, 5.41) is 21.0. The first-order chi connectivity index (χ1) is 9.18. The van der Waals surface area contributed by atoms with E-state index in [-0.39, 0.29) is 29.9 Å². The minimum absolute atomic E-state index is 0.105. The van der Waals surface area contributed by atoms with Gasteiger partial charge in [0, 0.05) is 6.04 Å². The highest BCUT2D eigenvalue weighted by atomic mass is 16.4. The van der Waals surface area contributed by atoms with Gasteiger partial charge in [-0.25, -0.2) is 0 Å². The maximum atomic E-state index is 12.0. The second-order valence-corrected chi connectivity index (χ2v) is 5.93. The Morgan fingerprint density at radius 2 is 1.95 bits per heavy atom. The summed E-state index contributed by atoms with van der Waals surface area (Å²) in [6, 6.07) is 6.01. The van der Waals surface area contributed by atoms with Crippen LogP contribution in [0.15, 0.2) is 24.3 Å². The fourth-order valence-corrected chi connectivity index (χ4v) is 1.85. The van der Waals surface area contributed by atoms with Gasteiger partial charge in [-0.05, 0) is 23.1 Å². The van der Waals surface area contributed by atoms with Gasteiger partial charge in [0.05, 0.1) is 12.8 Å². The third kappa shape index (κ3) is 5.30. The molecule has 1 atom stereocenters. The number of carboxylic acid groups (broad SMARTS) is 1. The van der Waals surface area contributed by atoms with Crippen LogP contribution in [0.5, 0.6) is 5.75 Å². The smallest absolute Gasteiger partial charge is 0.305 e. The van der Waals surface area contributed by atoms with E-state index in [1.165, 1.54) is 12.1 Å². The summed E-state index contributed by atoms with van der Waals surface area (Å²) in [6.45, 7) is 5.65. The number of nitrogens with one attached hydrogen (secondary N) is 1.